The van der Waals surface area contributed by atoms with Gasteiger partial charge in [-0.25, -0.2) is 4.98 Å². The lowest BCUT2D eigenvalue weighted by Gasteiger charge is -2.31. The van der Waals surface area contributed by atoms with E-state index >= 15 is 0 Å². The van der Waals surface area contributed by atoms with E-state index in [4.69, 9.17) is 4.74 Å². The van der Waals surface area contributed by atoms with Crippen LogP contribution in [0.2, 0.25) is 0 Å². The van der Waals surface area contributed by atoms with Gasteiger partial charge in [-0.2, -0.15) is 11.8 Å². The maximum Gasteiger partial charge on any atom is 0.275 e. The second-order valence-corrected chi connectivity index (χ2v) is 9.49. The Bertz CT molecular complexity index is 906. The molecule has 2 fully saturated rings. The minimum atomic E-state index is -0.184. The lowest BCUT2D eigenvalue weighted by Crippen LogP contribution is -2.38. The summed E-state index contributed by atoms with van der Waals surface area (Å²) in [4.78, 5) is 33.8. The normalized spacial score (nSPS) is 17.6. The monoisotopic (exact) mass is 460 g/mol. The Morgan fingerprint density at radius 3 is 2.68 bits per heavy atom. The highest BCUT2D eigenvalue weighted by atomic mass is 32.2. The molecule has 0 spiro atoms. The van der Waals surface area contributed by atoms with E-state index in [1.54, 1.807) is 23.1 Å². The van der Waals surface area contributed by atoms with Crippen molar-refractivity contribution in [3.05, 3.63) is 40.3 Å². The van der Waals surface area contributed by atoms with Gasteiger partial charge in [-0.05, 0) is 31.2 Å². The second kappa shape index (κ2) is 10.5. The summed E-state index contributed by atoms with van der Waals surface area (Å²) in [5.41, 5.74) is 2.26. The summed E-state index contributed by atoms with van der Waals surface area (Å²) in [6, 6.07) is 7.87. The van der Waals surface area contributed by atoms with Gasteiger partial charge in [0.05, 0.1) is 35.3 Å². The molecule has 166 valence electrons. The van der Waals surface area contributed by atoms with Crippen LogP contribution in [0, 0.1) is 0 Å². The molecule has 0 radical (unpaired) electrons. The van der Waals surface area contributed by atoms with Crippen LogP contribution in [0.3, 0.4) is 0 Å². The highest BCUT2D eigenvalue weighted by Crippen LogP contribution is 2.31. The predicted octanol–water partition coefficient (Wildman–Crippen LogP) is 3.30. The number of ether oxygens (including phenoxy) is 1. The molecule has 3 heterocycles. The number of thiazole rings is 1. The summed E-state index contributed by atoms with van der Waals surface area (Å²) >= 11 is 3.10. The zero-order chi connectivity index (χ0) is 21.6. The summed E-state index contributed by atoms with van der Waals surface area (Å²) < 4.78 is 5.44. The van der Waals surface area contributed by atoms with Crippen molar-refractivity contribution in [2.24, 2.45) is 0 Å². The fraction of sp³-hybridized carbons (Fsp3) is 0.500. The lowest BCUT2D eigenvalue weighted by molar-refractivity contribution is -0.129. The van der Waals surface area contributed by atoms with Gasteiger partial charge in [0.25, 0.3) is 5.91 Å². The van der Waals surface area contributed by atoms with E-state index in [0.29, 0.717) is 30.6 Å². The van der Waals surface area contributed by atoms with Crippen LogP contribution in [0.25, 0.3) is 0 Å². The van der Waals surface area contributed by atoms with Crippen molar-refractivity contribution in [2.75, 3.05) is 61.6 Å². The smallest absolute Gasteiger partial charge is 0.275 e. The Labute approximate surface area is 191 Å². The molecule has 4 rings (SSSR count). The van der Waals surface area contributed by atoms with Crippen LogP contribution >= 0.6 is 23.1 Å². The van der Waals surface area contributed by atoms with Gasteiger partial charge in [0.1, 0.15) is 5.69 Å². The first kappa shape index (κ1) is 22.1. The molecule has 2 aromatic rings. The Morgan fingerprint density at radius 1 is 1.19 bits per heavy atom. The third kappa shape index (κ3) is 5.39. The molecule has 2 saturated heterocycles. The number of carbonyl (C=O) groups is 2. The number of para-hydroxylation sites is 2. The van der Waals surface area contributed by atoms with E-state index in [1.165, 1.54) is 0 Å². The molecule has 0 saturated carbocycles. The molecule has 0 aliphatic carbocycles. The minimum Gasteiger partial charge on any atom is -0.378 e. The highest BCUT2D eigenvalue weighted by Gasteiger charge is 2.26. The molecule has 2 aliphatic heterocycles. The number of hydrogen-bond acceptors (Lipinski definition) is 7. The molecule has 0 bridgehead atoms. The summed E-state index contributed by atoms with van der Waals surface area (Å²) in [7, 11) is 0. The molecule has 2 aliphatic rings. The Morgan fingerprint density at radius 2 is 1.94 bits per heavy atom. The Balaban J connectivity index is 1.38. The zero-order valence-electron chi connectivity index (χ0n) is 17.7. The number of nitrogens with zero attached hydrogens (tertiary/aromatic N) is 3. The van der Waals surface area contributed by atoms with E-state index in [2.05, 4.69) is 15.2 Å². The topological polar surface area (TPSA) is 74.8 Å². The number of hydrogen-bond donors (Lipinski definition) is 1. The average Bonchev–Trinajstić information content (AvgIpc) is 3.31. The van der Waals surface area contributed by atoms with Gasteiger partial charge in [-0.1, -0.05) is 12.1 Å². The Kier molecular flexibility index (Phi) is 7.47. The Hall–Kier alpha value is -2.10. The van der Waals surface area contributed by atoms with E-state index in [-0.39, 0.29) is 11.8 Å². The van der Waals surface area contributed by atoms with Crippen LogP contribution in [0.4, 0.5) is 11.4 Å². The molecule has 9 heteroatoms. The summed E-state index contributed by atoms with van der Waals surface area (Å²) in [5, 5.41) is 5.87. The largest absolute Gasteiger partial charge is 0.378 e. The van der Waals surface area contributed by atoms with Gasteiger partial charge in [0, 0.05) is 37.5 Å². The molecular weight excluding hydrogens is 432 g/mol. The van der Waals surface area contributed by atoms with Crippen molar-refractivity contribution in [3.8, 4) is 0 Å². The molecule has 1 aromatic carbocycles. The third-order valence-corrected chi connectivity index (χ3v) is 7.27. The van der Waals surface area contributed by atoms with Crippen LogP contribution in [-0.4, -0.2) is 73.1 Å². The van der Waals surface area contributed by atoms with Crippen LogP contribution < -0.4 is 10.2 Å². The van der Waals surface area contributed by atoms with E-state index in [0.717, 1.165) is 55.4 Å². The third-order valence-electron chi connectivity index (χ3n) is 5.72. The summed E-state index contributed by atoms with van der Waals surface area (Å²) in [6.45, 7) is 4.53. The van der Waals surface area contributed by atoms with Gasteiger partial charge in [-0.15, -0.1) is 11.3 Å². The maximum absolute atomic E-state index is 12.9. The molecule has 0 unspecified atom stereocenters. The number of aromatic nitrogens is 1. The van der Waals surface area contributed by atoms with Crippen molar-refractivity contribution in [1.82, 2.24) is 9.88 Å². The number of piperidine rings is 1. The number of morpholine rings is 1. The second-order valence-electron chi connectivity index (χ2n) is 7.73. The van der Waals surface area contributed by atoms with Gasteiger partial charge >= 0.3 is 0 Å². The lowest BCUT2D eigenvalue weighted by atomic mass is 9.97. The number of likely N-dealkylation sites (tertiary alicyclic amines) is 1. The highest BCUT2D eigenvalue weighted by molar-refractivity contribution is 7.99. The van der Waals surface area contributed by atoms with Crippen molar-refractivity contribution in [1.29, 1.82) is 0 Å². The molecule has 1 N–H and O–H groups in total. The van der Waals surface area contributed by atoms with Gasteiger partial charge in [-0.3, -0.25) is 9.59 Å². The van der Waals surface area contributed by atoms with Crippen molar-refractivity contribution >= 4 is 46.3 Å². The average molecular weight is 461 g/mol. The van der Waals surface area contributed by atoms with Crippen molar-refractivity contribution < 1.29 is 14.3 Å². The fourth-order valence-corrected chi connectivity index (χ4v) is 5.42. The summed E-state index contributed by atoms with van der Waals surface area (Å²) in [5.74, 6) is 0.878. The predicted molar refractivity (Wildman–Crippen MR) is 126 cm³/mol. The first-order valence-electron chi connectivity index (χ1n) is 10.6. The molecular formula is C22H28N4O3S2. The molecule has 31 heavy (non-hydrogen) atoms. The quantitative estimate of drug-likeness (QED) is 0.713. The van der Waals surface area contributed by atoms with Gasteiger partial charge in [0.2, 0.25) is 5.91 Å². The van der Waals surface area contributed by atoms with Crippen LogP contribution in [-0.2, 0) is 9.53 Å². The first-order chi connectivity index (χ1) is 15.2. The van der Waals surface area contributed by atoms with E-state index < -0.39 is 0 Å². The number of amides is 2. The van der Waals surface area contributed by atoms with Crippen molar-refractivity contribution in [3.63, 3.8) is 0 Å². The minimum absolute atomic E-state index is 0.184. The summed E-state index contributed by atoms with van der Waals surface area (Å²) in [6.07, 6.45) is 3.75. The van der Waals surface area contributed by atoms with Crippen molar-refractivity contribution in [2.45, 2.75) is 18.8 Å². The molecule has 1 aromatic heterocycles. The fourth-order valence-electron chi connectivity index (χ4n) is 4.02. The number of rotatable bonds is 6. The van der Waals surface area contributed by atoms with Crippen LogP contribution in [0.1, 0.15) is 34.3 Å². The first-order valence-corrected chi connectivity index (χ1v) is 12.9. The number of anilines is 2. The zero-order valence-corrected chi connectivity index (χ0v) is 19.3. The molecule has 0 atom stereocenters. The SMILES string of the molecule is CSCC(=O)N1CCC(c2nc(C(=O)Nc3ccccc3N3CCOCC3)cs2)CC1. The standard InChI is InChI=1S/C22H28N4O3S2/c1-30-15-20(27)26-8-6-16(7-9-26)22-24-18(14-31-22)21(28)23-17-4-2-3-5-19(17)25-10-12-29-13-11-25/h2-5,14,16H,6-13,15H2,1H3,(H,23,28). The van der Waals surface area contributed by atoms with E-state index in [9.17, 15) is 9.59 Å². The number of benzene rings is 1. The van der Waals surface area contributed by atoms with Gasteiger partial charge < -0.3 is 19.9 Å². The van der Waals surface area contributed by atoms with Gasteiger partial charge in [0.15, 0.2) is 0 Å². The number of thioether (sulfide) groups is 1. The van der Waals surface area contributed by atoms with Crippen LogP contribution in [0.5, 0.6) is 0 Å². The number of nitrogens with one attached hydrogen (secondary N) is 1. The molecule has 7 nitrogen and oxygen atoms in total. The number of carbonyl (C=O) groups excluding carboxylic acids is 2. The molecule has 2 amide bonds. The maximum atomic E-state index is 12.9. The van der Waals surface area contributed by atoms with E-state index in [1.807, 2.05) is 40.8 Å². The van der Waals surface area contributed by atoms with Crippen LogP contribution in [0.15, 0.2) is 29.6 Å².